The standard InChI is InChI=1S/C24H35N3O3/c1-3-7-21(8-4-1)17-29-19-23-15-25-16-24(27-12-14-28-13-11-26-23)20-30-18-22-9-5-2-6-10-22/h1-10,23-27H,11-20H2. The van der Waals surface area contributed by atoms with Gasteiger partial charge in [-0.2, -0.15) is 0 Å². The van der Waals surface area contributed by atoms with E-state index in [1.54, 1.807) is 0 Å². The molecule has 1 aliphatic rings. The van der Waals surface area contributed by atoms with E-state index in [4.69, 9.17) is 14.2 Å². The summed E-state index contributed by atoms with van der Waals surface area (Å²) in [6.45, 7) is 7.31. The number of nitrogens with one attached hydrogen (secondary N) is 3. The molecular weight excluding hydrogens is 378 g/mol. The Bertz CT molecular complexity index is 614. The van der Waals surface area contributed by atoms with Crippen molar-refractivity contribution in [1.29, 1.82) is 0 Å². The molecule has 6 nitrogen and oxygen atoms in total. The lowest BCUT2D eigenvalue weighted by Crippen LogP contribution is -2.49. The fourth-order valence-electron chi connectivity index (χ4n) is 3.37. The van der Waals surface area contributed by atoms with E-state index in [1.807, 2.05) is 36.4 Å². The third-order valence-electron chi connectivity index (χ3n) is 5.00. The summed E-state index contributed by atoms with van der Waals surface area (Å²) in [5.74, 6) is 0. The molecule has 2 aromatic rings. The molecule has 0 bridgehead atoms. The predicted molar refractivity (Wildman–Crippen MR) is 119 cm³/mol. The molecule has 164 valence electrons. The first-order chi connectivity index (χ1) is 14.9. The highest BCUT2D eigenvalue weighted by Gasteiger charge is 2.13. The molecule has 0 aromatic heterocycles. The van der Waals surface area contributed by atoms with Crippen molar-refractivity contribution in [3.05, 3.63) is 71.8 Å². The number of hydrogen-bond donors (Lipinski definition) is 3. The van der Waals surface area contributed by atoms with Crippen LogP contribution in [-0.4, -0.2) is 64.7 Å². The van der Waals surface area contributed by atoms with Crippen LogP contribution in [0.25, 0.3) is 0 Å². The molecule has 1 saturated heterocycles. The Hall–Kier alpha value is -1.80. The second-order valence-corrected chi connectivity index (χ2v) is 7.57. The highest BCUT2D eigenvalue weighted by atomic mass is 16.5. The Labute approximate surface area is 180 Å². The molecule has 1 aliphatic heterocycles. The summed E-state index contributed by atoms with van der Waals surface area (Å²) in [7, 11) is 0. The van der Waals surface area contributed by atoms with Gasteiger partial charge in [0.25, 0.3) is 0 Å². The van der Waals surface area contributed by atoms with E-state index in [1.165, 1.54) is 11.1 Å². The molecule has 0 aliphatic carbocycles. The van der Waals surface area contributed by atoms with Crippen LogP contribution in [0, 0.1) is 0 Å². The maximum absolute atomic E-state index is 5.94. The number of rotatable bonds is 8. The molecular formula is C24H35N3O3. The van der Waals surface area contributed by atoms with Crippen LogP contribution in [0.1, 0.15) is 11.1 Å². The van der Waals surface area contributed by atoms with Gasteiger partial charge in [-0.15, -0.1) is 0 Å². The monoisotopic (exact) mass is 413 g/mol. The molecule has 30 heavy (non-hydrogen) atoms. The third kappa shape index (κ3) is 9.34. The quantitative estimate of drug-likeness (QED) is 0.615. The van der Waals surface area contributed by atoms with Gasteiger partial charge in [-0.1, -0.05) is 60.7 Å². The number of hydrogen-bond acceptors (Lipinski definition) is 6. The molecule has 0 radical (unpaired) electrons. The maximum Gasteiger partial charge on any atom is 0.0717 e. The zero-order valence-corrected chi connectivity index (χ0v) is 17.7. The zero-order valence-electron chi connectivity index (χ0n) is 17.7. The highest BCUT2D eigenvalue weighted by molar-refractivity contribution is 5.14. The van der Waals surface area contributed by atoms with E-state index >= 15 is 0 Å². The Morgan fingerprint density at radius 3 is 1.63 bits per heavy atom. The minimum absolute atomic E-state index is 0.239. The van der Waals surface area contributed by atoms with Crippen molar-refractivity contribution >= 4 is 0 Å². The molecule has 3 N–H and O–H groups in total. The first kappa shape index (κ1) is 22.9. The maximum atomic E-state index is 5.94. The highest BCUT2D eigenvalue weighted by Crippen LogP contribution is 2.02. The molecule has 0 spiro atoms. The lowest BCUT2D eigenvalue weighted by Gasteiger charge is -2.24. The van der Waals surface area contributed by atoms with Gasteiger partial charge in [-0.05, 0) is 11.1 Å². The van der Waals surface area contributed by atoms with Crippen molar-refractivity contribution in [3.63, 3.8) is 0 Å². The van der Waals surface area contributed by atoms with E-state index in [9.17, 15) is 0 Å². The van der Waals surface area contributed by atoms with Crippen LogP contribution in [0.15, 0.2) is 60.7 Å². The number of benzene rings is 2. The van der Waals surface area contributed by atoms with Gasteiger partial charge >= 0.3 is 0 Å². The van der Waals surface area contributed by atoms with Crippen LogP contribution in [0.5, 0.6) is 0 Å². The van der Waals surface area contributed by atoms with Crippen molar-refractivity contribution in [1.82, 2.24) is 16.0 Å². The molecule has 0 amide bonds. The van der Waals surface area contributed by atoms with Crippen molar-refractivity contribution in [3.8, 4) is 0 Å². The summed E-state index contributed by atoms with van der Waals surface area (Å²) in [5.41, 5.74) is 2.39. The first-order valence-electron chi connectivity index (χ1n) is 10.9. The number of ether oxygens (including phenoxy) is 3. The molecule has 2 atom stereocenters. The summed E-state index contributed by atoms with van der Waals surface area (Å²) in [5, 5.41) is 10.7. The van der Waals surface area contributed by atoms with E-state index in [-0.39, 0.29) is 12.1 Å². The second-order valence-electron chi connectivity index (χ2n) is 7.57. The smallest absolute Gasteiger partial charge is 0.0717 e. The predicted octanol–water partition coefficient (Wildman–Crippen LogP) is 1.96. The van der Waals surface area contributed by atoms with Crippen LogP contribution in [-0.2, 0) is 27.4 Å². The van der Waals surface area contributed by atoms with Gasteiger partial charge in [-0.3, -0.25) is 0 Å². The molecule has 6 heteroatoms. The van der Waals surface area contributed by atoms with E-state index < -0.39 is 0 Å². The minimum Gasteiger partial charge on any atom is -0.379 e. The van der Waals surface area contributed by atoms with Gasteiger partial charge in [0.2, 0.25) is 0 Å². The largest absolute Gasteiger partial charge is 0.379 e. The van der Waals surface area contributed by atoms with Gasteiger partial charge in [-0.25, -0.2) is 0 Å². The van der Waals surface area contributed by atoms with Gasteiger partial charge in [0, 0.05) is 38.3 Å². The average molecular weight is 414 g/mol. The molecule has 0 saturated carbocycles. The lowest BCUT2D eigenvalue weighted by molar-refractivity contribution is 0.0783. The minimum atomic E-state index is 0.239. The Kier molecular flexibility index (Phi) is 10.9. The SMILES string of the molecule is c1ccc(COCC2CNCC(COCc3ccccc3)NCCOCCN2)cc1. The van der Waals surface area contributed by atoms with Crippen molar-refractivity contribution in [2.24, 2.45) is 0 Å². The summed E-state index contributed by atoms with van der Waals surface area (Å²) >= 11 is 0. The second kappa shape index (κ2) is 14.2. The summed E-state index contributed by atoms with van der Waals surface area (Å²) in [6, 6.07) is 21.0. The first-order valence-corrected chi connectivity index (χ1v) is 10.9. The lowest BCUT2D eigenvalue weighted by atomic mass is 10.2. The van der Waals surface area contributed by atoms with Crippen LogP contribution in [0.2, 0.25) is 0 Å². The molecule has 2 aromatic carbocycles. The van der Waals surface area contributed by atoms with Gasteiger partial charge in [0.05, 0.1) is 39.6 Å². The van der Waals surface area contributed by atoms with Crippen molar-refractivity contribution in [2.45, 2.75) is 25.3 Å². The van der Waals surface area contributed by atoms with Gasteiger partial charge in [0.1, 0.15) is 0 Å². The summed E-state index contributed by atoms with van der Waals surface area (Å²) in [6.07, 6.45) is 0. The molecule has 1 heterocycles. The van der Waals surface area contributed by atoms with Crippen molar-refractivity contribution < 1.29 is 14.2 Å². The molecule has 2 unspecified atom stereocenters. The van der Waals surface area contributed by atoms with Crippen molar-refractivity contribution in [2.75, 3.05) is 52.6 Å². The normalized spacial score (nSPS) is 21.5. The van der Waals surface area contributed by atoms with Gasteiger partial charge in [0.15, 0.2) is 0 Å². The van der Waals surface area contributed by atoms with E-state index in [0.717, 1.165) is 26.2 Å². The fraction of sp³-hybridized carbons (Fsp3) is 0.500. The molecule has 1 fully saturated rings. The summed E-state index contributed by atoms with van der Waals surface area (Å²) in [4.78, 5) is 0. The van der Waals surface area contributed by atoms with Crippen LogP contribution < -0.4 is 16.0 Å². The Balaban J connectivity index is 1.40. The van der Waals surface area contributed by atoms with Crippen LogP contribution in [0.3, 0.4) is 0 Å². The Morgan fingerprint density at radius 2 is 1.17 bits per heavy atom. The summed E-state index contributed by atoms with van der Waals surface area (Å²) < 4.78 is 17.6. The van der Waals surface area contributed by atoms with Crippen LogP contribution >= 0.6 is 0 Å². The van der Waals surface area contributed by atoms with Crippen LogP contribution in [0.4, 0.5) is 0 Å². The fourth-order valence-corrected chi connectivity index (χ4v) is 3.37. The van der Waals surface area contributed by atoms with E-state index in [0.29, 0.717) is 39.6 Å². The third-order valence-corrected chi connectivity index (χ3v) is 5.00. The van der Waals surface area contributed by atoms with E-state index in [2.05, 4.69) is 40.2 Å². The average Bonchev–Trinajstić information content (AvgIpc) is 2.78. The Morgan fingerprint density at radius 1 is 0.700 bits per heavy atom. The molecule has 3 rings (SSSR count). The zero-order chi connectivity index (χ0) is 20.7. The van der Waals surface area contributed by atoms with Gasteiger partial charge < -0.3 is 30.2 Å². The topological polar surface area (TPSA) is 63.8 Å².